The minimum absolute atomic E-state index is 0.0598. The van der Waals surface area contributed by atoms with Gasteiger partial charge in [-0.05, 0) is 20.3 Å². The Morgan fingerprint density at radius 1 is 1.33 bits per heavy atom. The Kier molecular flexibility index (Phi) is 5.85. The summed E-state index contributed by atoms with van der Waals surface area (Å²) in [5.74, 6) is 0.0699. The topological polar surface area (TPSA) is 105 Å². The van der Waals surface area contributed by atoms with Gasteiger partial charge in [0.25, 0.3) is 0 Å². The third-order valence-electron chi connectivity index (χ3n) is 5.33. The molecule has 0 spiro atoms. The second-order valence-electron chi connectivity index (χ2n) is 6.87. The van der Waals surface area contributed by atoms with E-state index in [1.54, 1.807) is 11.1 Å². The monoisotopic (exact) mass is 397 g/mol. The number of carbonyl (C=O) groups is 2. The Hall–Kier alpha value is -1.94. The molecule has 10 heteroatoms. The summed E-state index contributed by atoms with van der Waals surface area (Å²) in [6, 6.07) is -0.395. The normalized spacial score (nSPS) is 25.3. The van der Waals surface area contributed by atoms with Crippen molar-refractivity contribution in [3.8, 4) is 0 Å². The fraction of sp³-hybridized carbons (Fsp3) is 0.706. The minimum atomic E-state index is -3.17. The van der Waals surface area contributed by atoms with Crippen molar-refractivity contribution < 1.29 is 18.0 Å². The molecule has 0 unspecified atom stereocenters. The highest BCUT2D eigenvalue weighted by Gasteiger charge is 2.45. The fourth-order valence-electron chi connectivity index (χ4n) is 3.95. The molecule has 0 bridgehead atoms. The van der Waals surface area contributed by atoms with Crippen LogP contribution in [0.2, 0.25) is 0 Å². The summed E-state index contributed by atoms with van der Waals surface area (Å²) in [4.78, 5) is 31.3. The number of nitrogens with zero attached hydrogens (tertiary/aromatic N) is 4. The standard InChI is InChI=1S/C17H27N5O4S/c1-3-20-9-6-18-16(20)15-13(12-14(23)22(15)4-2)17(24)19-7-10-21-8-5-11-27(21,25)26/h6,9,13,15H,3-5,7-8,10-12H2,1-2H3,(H,19,24)/t13-,15-/m0/s1. The second-order valence-corrected chi connectivity index (χ2v) is 8.95. The number of carbonyl (C=O) groups excluding carboxylic acids is 2. The quantitative estimate of drug-likeness (QED) is 0.695. The molecule has 2 aliphatic rings. The first-order chi connectivity index (χ1) is 12.9. The largest absolute Gasteiger partial charge is 0.354 e. The van der Waals surface area contributed by atoms with Gasteiger partial charge in [-0.3, -0.25) is 9.59 Å². The molecule has 0 radical (unpaired) electrons. The third kappa shape index (κ3) is 3.86. The summed E-state index contributed by atoms with van der Waals surface area (Å²) in [5.41, 5.74) is 0. The lowest BCUT2D eigenvalue weighted by Gasteiger charge is -2.27. The van der Waals surface area contributed by atoms with Crippen molar-refractivity contribution in [3.05, 3.63) is 18.2 Å². The molecule has 2 aliphatic heterocycles. The summed E-state index contributed by atoms with van der Waals surface area (Å²) < 4.78 is 27.1. The molecule has 1 N–H and O–H groups in total. The molecular formula is C17H27N5O4S. The molecular weight excluding hydrogens is 370 g/mol. The fourth-order valence-corrected chi connectivity index (χ4v) is 5.48. The van der Waals surface area contributed by atoms with E-state index in [-0.39, 0.29) is 37.1 Å². The Labute approximate surface area is 159 Å². The predicted octanol–water partition coefficient (Wildman–Crippen LogP) is -0.0358. The van der Waals surface area contributed by atoms with Crippen LogP contribution >= 0.6 is 0 Å². The lowest BCUT2D eigenvalue weighted by Crippen LogP contribution is -2.40. The zero-order chi connectivity index (χ0) is 19.6. The maximum absolute atomic E-state index is 12.8. The molecule has 0 aliphatic carbocycles. The van der Waals surface area contributed by atoms with Crippen molar-refractivity contribution >= 4 is 21.8 Å². The molecule has 3 heterocycles. The summed E-state index contributed by atoms with van der Waals surface area (Å²) in [6.07, 6.45) is 4.30. The summed E-state index contributed by atoms with van der Waals surface area (Å²) in [5, 5.41) is 2.82. The first-order valence-corrected chi connectivity index (χ1v) is 11.1. The molecule has 150 valence electrons. The molecule has 0 saturated carbocycles. The number of hydrogen-bond acceptors (Lipinski definition) is 5. The van der Waals surface area contributed by atoms with Crippen molar-refractivity contribution in [3.63, 3.8) is 0 Å². The van der Waals surface area contributed by atoms with Crippen molar-refractivity contribution in [2.75, 3.05) is 31.9 Å². The van der Waals surface area contributed by atoms with Crippen molar-refractivity contribution in [1.29, 1.82) is 0 Å². The number of hydrogen-bond donors (Lipinski definition) is 1. The van der Waals surface area contributed by atoms with Crippen LogP contribution in [-0.4, -0.2) is 70.9 Å². The molecule has 0 aromatic carbocycles. The highest BCUT2D eigenvalue weighted by Crippen LogP contribution is 2.37. The van der Waals surface area contributed by atoms with Gasteiger partial charge in [-0.2, -0.15) is 0 Å². The van der Waals surface area contributed by atoms with E-state index in [2.05, 4.69) is 10.3 Å². The highest BCUT2D eigenvalue weighted by molar-refractivity contribution is 7.89. The van der Waals surface area contributed by atoms with E-state index in [0.29, 0.717) is 31.9 Å². The van der Waals surface area contributed by atoms with Gasteiger partial charge in [-0.25, -0.2) is 17.7 Å². The number of sulfonamides is 1. The van der Waals surface area contributed by atoms with Gasteiger partial charge in [-0.15, -0.1) is 0 Å². The first-order valence-electron chi connectivity index (χ1n) is 9.45. The minimum Gasteiger partial charge on any atom is -0.354 e. The summed E-state index contributed by atoms with van der Waals surface area (Å²) in [6.45, 7) is 6.10. The third-order valence-corrected chi connectivity index (χ3v) is 7.28. The zero-order valence-electron chi connectivity index (χ0n) is 15.8. The Morgan fingerprint density at radius 2 is 2.11 bits per heavy atom. The first kappa shape index (κ1) is 19.8. The van der Waals surface area contributed by atoms with Crippen LogP contribution in [-0.2, 0) is 26.2 Å². The second kappa shape index (κ2) is 7.97. The van der Waals surface area contributed by atoms with Crippen LogP contribution < -0.4 is 5.32 Å². The van der Waals surface area contributed by atoms with Crippen LogP contribution in [0.4, 0.5) is 0 Å². The maximum atomic E-state index is 12.8. The van der Waals surface area contributed by atoms with E-state index in [4.69, 9.17) is 0 Å². The van der Waals surface area contributed by atoms with E-state index < -0.39 is 22.0 Å². The molecule has 1 aromatic heterocycles. The van der Waals surface area contributed by atoms with Gasteiger partial charge in [0.15, 0.2) is 0 Å². The molecule has 9 nitrogen and oxygen atoms in total. The van der Waals surface area contributed by atoms with E-state index in [1.807, 2.05) is 24.6 Å². The van der Waals surface area contributed by atoms with Gasteiger partial charge in [0.2, 0.25) is 21.8 Å². The van der Waals surface area contributed by atoms with E-state index in [0.717, 1.165) is 0 Å². The van der Waals surface area contributed by atoms with Crippen molar-refractivity contribution in [1.82, 2.24) is 24.1 Å². The lowest BCUT2D eigenvalue weighted by atomic mass is 9.98. The van der Waals surface area contributed by atoms with Gasteiger partial charge >= 0.3 is 0 Å². The van der Waals surface area contributed by atoms with Crippen molar-refractivity contribution in [2.45, 2.75) is 39.3 Å². The smallest absolute Gasteiger partial charge is 0.226 e. The Morgan fingerprint density at radius 3 is 2.74 bits per heavy atom. The van der Waals surface area contributed by atoms with Crippen LogP contribution in [0.15, 0.2) is 12.4 Å². The molecule has 2 fully saturated rings. The van der Waals surface area contributed by atoms with Gasteiger partial charge < -0.3 is 14.8 Å². The van der Waals surface area contributed by atoms with Gasteiger partial charge in [0.05, 0.1) is 11.7 Å². The van der Waals surface area contributed by atoms with Crippen LogP contribution in [0.1, 0.15) is 38.6 Å². The van der Waals surface area contributed by atoms with Gasteiger partial charge in [0.1, 0.15) is 11.9 Å². The number of aryl methyl sites for hydroxylation is 1. The van der Waals surface area contributed by atoms with E-state index in [1.165, 1.54) is 4.31 Å². The predicted molar refractivity (Wildman–Crippen MR) is 99.1 cm³/mol. The number of likely N-dealkylation sites (tertiary alicyclic amines) is 1. The zero-order valence-corrected chi connectivity index (χ0v) is 16.6. The number of aromatic nitrogens is 2. The Bertz CT molecular complexity index is 806. The molecule has 2 saturated heterocycles. The number of rotatable bonds is 7. The van der Waals surface area contributed by atoms with Crippen LogP contribution in [0.5, 0.6) is 0 Å². The van der Waals surface area contributed by atoms with Crippen LogP contribution in [0.3, 0.4) is 0 Å². The van der Waals surface area contributed by atoms with E-state index in [9.17, 15) is 18.0 Å². The molecule has 2 amide bonds. The van der Waals surface area contributed by atoms with Crippen LogP contribution in [0, 0.1) is 5.92 Å². The SMILES string of the molecule is CCN1C(=O)C[C@H](C(=O)NCCN2CCCS2(=O)=O)[C@H]1c1nccn1CC. The highest BCUT2D eigenvalue weighted by atomic mass is 32.2. The lowest BCUT2D eigenvalue weighted by molar-refractivity contribution is -0.129. The molecule has 2 atom stereocenters. The molecule has 1 aromatic rings. The molecule has 27 heavy (non-hydrogen) atoms. The number of imidazole rings is 1. The average Bonchev–Trinajstić information content (AvgIpc) is 3.31. The van der Waals surface area contributed by atoms with E-state index >= 15 is 0 Å². The number of nitrogens with one attached hydrogen (secondary N) is 1. The van der Waals surface area contributed by atoms with Gasteiger partial charge in [-0.1, -0.05) is 0 Å². The maximum Gasteiger partial charge on any atom is 0.226 e. The molecule has 3 rings (SSSR count). The number of amides is 2. The average molecular weight is 398 g/mol. The van der Waals surface area contributed by atoms with Crippen molar-refractivity contribution in [2.24, 2.45) is 5.92 Å². The van der Waals surface area contributed by atoms with Gasteiger partial charge in [0, 0.05) is 51.5 Å². The Balaban J connectivity index is 1.69. The van der Waals surface area contributed by atoms with Crippen LogP contribution in [0.25, 0.3) is 0 Å². The summed E-state index contributed by atoms with van der Waals surface area (Å²) in [7, 11) is -3.17. The summed E-state index contributed by atoms with van der Waals surface area (Å²) >= 11 is 0.